The van der Waals surface area contributed by atoms with Crippen molar-refractivity contribution in [2.45, 2.75) is 46.8 Å². The molecule has 0 unspecified atom stereocenters. The lowest BCUT2D eigenvalue weighted by Gasteiger charge is -2.15. The van der Waals surface area contributed by atoms with Gasteiger partial charge in [0, 0.05) is 38.3 Å². The fourth-order valence-corrected chi connectivity index (χ4v) is 3.11. The van der Waals surface area contributed by atoms with E-state index >= 15 is 0 Å². The summed E-state index contributed by atoms with van der Waals surface area (Å²) in [4.78, 5) is 18.5. The fraction of sp³-hybridized carbons (Fsp3) is 0.440. The Labute approximate surface area is 209 Å². The molecule has 0 radical (unpaired) electrons. The number of guanidine groups is 1. The topological polar surface area (TPSA) is 66.0 Å². The number of hydrogen-bond donors (Lipinski definition) is 2. The standard InChI is InChI=1S/C25H36N4O2.HI/c1-7-26-25(28-17-22-12-11-19(4)15-23(22)31-18(2)3)27-14-13-20-9-8-10-21(16-20)24(30)29(5)6;/h8-12,15-16,18H,7,13-14,17H2,1-6H3,(H2,26,27,28);1H. The lowest BCUT2D eigenvalue weighted by atomic mass is 10.1. The van der Waals surface area contributed by atoms with Crippen molar-refractivity contribution in [2.75, 3.05) is 27.2 Å². The number of ether oxygens (including phenoxy) is 1. The highest BCUT2D eigenvalue weighted by Crippen LogP contribution is 2.22. The van der Waals surface area contributed by atoms with Crippen LogP contribution in [0.1, 0.15) is 47.8 Å². The van der Waals surface area contributed by atoms with Crippen molar-refractivity contribution >= 4 is 35.8 Å². The van der Waals surface area contributed by atoms with Gasteiger partial charge in [-0.2, -0.15) is 0 Å². The van der Waals surface area contributed by atoms with Crippen molar-refractivity contribution in [2.24, 2.45) is 4.99 Å². The molecule has 2 aromatic rings. The molecule has 2 N–H and O–H groups in total. The summed E-state index contributed by atoms with van der Waals surface area (Å²) in [6, 6.07) is 14.0. The molecule has 0 aliphatic rings. The highest BCUT2D eigenvalue weighted by atomic mass is 127. The van der Waals surface area contributed by atoms with Gasteiger partial charge in [0.25, 0.3) is 5.91 Å². The van der Waals surface area contributed by atoms with Crippen LogP contribution in [0.25, 0.3) is 0 Å². The molecular formula is C25H37IN4O2. The van der Waals surface area contributed by atoms with Crippen LogP contribution in [0.15, 0.2) is 47.5 Å². The van der Waals surface area contributed by atoms with E-state index in [2.05, 4.69) is 35.8 Å². The van der Waals surface area contributed by atoms with Gasteiger partial charge in [0.2, 0.25) is 0 Å². The Kier molecular flexibility index (Phi) is 12.1. The smallest absolute Gasteiger partial charge is 0.253 e. The molecule has 2 aromatic carbocycles. The normalized spacial score (nSPS) is 11.0. The summed E-state index contributed by atoms with van der Waals surface area (Å²) in [5, 5.41) is 6.68. The summed E-state index contributed by atoms with van der Waals surface area (Å²) in [5.74, 6) is 1.67. The van der Waals surface area contributed by atoms with E-state index in [-0.39, 0.29) is 36.0 Å². The van der Waals surface area contributed by atoms with Crippen LogP contribution in [0.4, 0.5) is 0 Å². The van der Waals surface area contributed by atoms with Crippen molar-refractivity contribution < 1.29 is 9.53 Å². The van der Waals surface area contributed by atoms with E-state index in [1.807, 2.05) is 45.0 Å². The fourth-order valence-electron chi connectivity index (χ4n) is 3.11. The zero-order chi connectivity index (χ0) is 22.8. The van der Waals surface area contributed by atoms with Crippen molar-refractivity contribution in [1.82, 2.24) is 15.5 Å². The van der Waals surface area contributed by atoms with Crippen molar-refractivity contribution in [3.63, 3.8) is 0 Å². The largest absolute Gasteiger partial charge is 0.491 e. The molecule has 2 rings (SSSR count). The maximum absolute atomic E-state index is 12.2. The Morgan fingerprint density at radius 1 is 1.12 bits per heavy atom. The van der Waals surface area contributed by atoms with Gasteiger partial charge >= 0.3 is 0 Å². The molecule has 176 valence electrons. The molecule has 0 aromatic heterocycles. The summed E-state index contributed by atoms with van der Waals surface area (Å²) in [6.07, 6.45) is 0.914. The molecule has 0 bridgehead atoms. The third-order valence-electron chi connectivity index (χ3n) is 4.62. The number of amides is 1. The van der Waals surface area contributed by atoms with Crippen LogP contribution >= 0.6 is 24.0 Å². The maximum Gasteiger partial charge on any atom is 0.253 e. The van der Waals surface area contributed by atoms with Crippen LogP contribution < -0.4 is 15.4 Å². The molecule has 0 aliphatic heterocycles. The second-order valence-corrected chi connectivity index (χ2v) is 8.05. The Bertz CT molecular complexity index is 897. The molecule has 1 amide bonds. The average Bonchev–Trinajstić information content (AvgIpc) is 2.72. The molecule has 0 aliphatic carbocycles. The Hall–Kier alpha value is -2.29. The summed E-state index contributed by atoms with van der Waals surface area (Å²) in [7, 11) is 3.53. The van der Waals surface area contributed by atoms with Crippen LogP contribution in [0.2, 0.25) is 0 Å². The van der Waals surface area contributed by atoms with E-state index in [1.54, 1.807) is 19.0 Å². The predicted molar refractivity (Wildman–Crippen MR) is 143 cm³/mol. The van der Waals surface area contributed by atoms with Gasteiger partial charge in [0.15, 0.2) is 5.96 Å². The number of rotatable bonds is 9. The number of benzene rings is 2. The summed E-state index contributed by atoms with van der Waals surface area (Å²) in [6.45, 7) is 10.2. The Morgan fingerprint density at radius 2 is 1.88 bits per heavy atom. The van der Waals surface area contributed by atoms with Crippen molar-refractivity contribution in [3.8, 4) is 5.75 Å². The molecule has 6 nitrogen and oxygen atoms in total. The third kappa shape index (κ3) is 9.06. The van der Waals surface area contributed by atoms with Crippen LogP contribution in [0.5, 0.6) is 5.75 Å². The minimum Gasteiger partial charge on any atom is -0.491 e. The number of nitrogens with one attached hydrogen (secondary N) is 2. The van der Waals surface area contributed by atoms with Crippen molar-refractivity contribution in [3.05, 3.63) is 64.7 Å². The summed E-state index contributed by atoms with van der Waals surface area (Å²) >= 11 is 0. The van der Waals surface area contributed by atoms with E-state index in [4.69, 9.17) is 9.73 Å². The van der Waals surface area contributed by atoms with E-state index in [9.17, 15) is 4.79 Å². The minimum absolute atomic E-state index is 0. The van der Waals surface area contributed by atoms with Gasteiger partial charge in [-0.05, 0) is 63.4 Å². The first kappa shape index (κ1) is 27.7. The number of hydrogen-bond acceptors (Lipinski definition) is 3. The summed E-state index contributed by atoms with van der Waals surface area (Å²) < 4.78 is 5.96. The zero-order valence-electron chi connectivity index (χ0n) is 20.1. The average molecular weight is 553 g/mol. The number of aliphatic imine (C=N–C) groups is 1. The number of aryl methyl sites for hydroxylation is 1. The lowest BCUT2D eigenvalue weighted by molar-refractivity contribution is 0.0827. The highest BCUT2D eigenvalue weighted by molar-refractivity contribution is 14.0. The Morgan fingerprint density at radius 3 is 2.53 bits per heavy atom. The first-order valence-corrected chi connectivity index (χ1v) is 10.9. The molecule has 0 heterocycles. The molecule has 0 atom stereocenters. The number of carbonyl (C=O) groups excluding carboxylic acids is 1. The zero-order valence-corrected chi connectivity index (χ0v) is 22.4. The van der Waals surface area contributed by atoms with Gasteiger partial charge in [-0.15, -0.1) is 24.0 Å². The molecular weight excluding hydrogens is 515 g/mol. The van der Waals surface area contributed by atoms with E-state index < -0.39 is 0 Å². The molecule has 0 spiro atoms. The van der Waals surface area contributed by atoms with Gasteiger partial charge in [0.1, 0.15) is 5.75 Å². The van der Waals surface area contributed by atoms with Gasteiger partial charge in [-0.3, -0.25) is 4.79 Å². The quantitative estimate of drug-likeness (QED) is 0.275. The van der Waals surface area contributed by atoms with Gasteiger partial charge in [0.05, 0.1) is 12.6 Å². The lowest BCUT2D eigenvalue weighted by Crippen LogP contribution is -2.38. The molecule has 0 saturated carbocycles. The Balaban J connectivity index is 0.00000512. The number of nitrogens with zero attached hydrogens (tertiary/aromatic N) is 2. The highest BCUT2D eigenvalue weighted by Gasteiger charge is 2.09. The van der Waals surface area contributed by atoms with Crippen LogP contribution in [-0.2, 0) is 13.0 Å². The van der Waals surface area contributed by atoms with Gasteiger partial charge < -0.3 is 20.3 Å². The molecule has 32 heavy (non-hydrogen) atoms. The van der Waals surface area contributed by atoms with Gasteiger partial charge in [-0.25, -0.2) is 4.99 Å². The number of halogens is 1. The second kappa shape index (κ2) is 14.0. The second-order valence-electron chi connectivity index (χ2n) is 8.05. The van der Waals surface area contributed by atoms with Crippen LogP contribution in [0, 0.1) is 6.92 Å². The maximum atomic E-state index is 12.2. The molecule has 7 heteroatoms. The van der Waals surface area contributed by atoms with E-state index in [0.717, 1.165) is 35.8 Å². The van der Waals surface area contributed by atoms with Gasteiger partial charge in [-0.1, -0.05) is 24.3 Å². The molecule has 0 saturated heterocycles. The minimum atomic E-state index is 0. The number of carbonyl (C=O) groups is 1. The first-order valence-electron chi connectivity index (χ1n) is 10.9. The third-order valence-corrected chi connectivity index (χ3v) is 4.62. The van der Waals surface area contributed by atoms with Crippen molar-refractivity contribution in [1.29, 1.82) is 0 Å². The van der Waals surface area contributed by atoms with E-state index in [0.29, 0.717) is 18.7 Å². The first-order chi connectivity index (χ1) is 14.8. The SMILES string of the molecule is CCNC(=NCc1ccc(C)cc1OC(C)C)NCCc1cccc(C(=O)N(C)C)c1.I. The molecule has 0 fully saturated rings. The van der Waals surface area contributed by atoms with Crippen LogP contribution in [-0.4, -0.2) is 50.1 Å². The summed E-state index contributed by atoms with van der Waals surface area (Å²) in [5.41, 5.74) is 4.05. The predicted octanol–water partition coefficient (Wildman–Crippen LogP) is 4.40. The van der Waals surface area contributed by atoms with Crippen LogP contribution in [0.3, 0.4) is 0 Å². The monoisotopic (exact) mass is 552 g/mol. The van der Waals surface area contributed by atoms with E-state index in [1.165, 1.54) is 5.56 Å².